The molecule has 0 aliphatic carbocycles. The number of amides is 1. The predicted molar refractivity (Wildman–Crippen MR) is 108 cm³/mol. The molecule has 138 valence electrons. The van der Waals surface area contributed by atoms with Crippen LogP contribution in [0, 0.1) is 6.92 Å². The molecule has 28 heavy (non-hydrogen) atoms. The fraction of sp³-hybridized carbons (Fsp3) is 0.0476. The van der Waals surface area contributed by atoms with E-state index in [1.165, 1.54) is 0 Å². The number of aliphatic imine (C=N–C) groups is 1. The van der Waals surface area contributed by atoms with E-state index in [9.17, 15) is 4.79 Å². The van der Waals surface area contributed by atoms with Crippen LogP contribution in [0.1, 0.15) is 16.2 Å². The summed E-state index contributed by atoms with van der Waals surface area (Å²) in [6, 6.07) is 19.2. The third kappa shape index (κ3) is 3.33. The lowest BCUT2D eigenvalue weighted by Gasteiger charge is -2.09. The van der Waals surface area contributed by atoms with Crippen molar-refractivity contribution in [3.05, 3.63) is 72.1 Å². The van der Waals surface area contributed by atoms with Gasteiger partial charge in [0, 0.05) is 18.1 Å². The molecule has 7 heteroatoms. The van der Waals surface area contributed by atoms with E-state index in [2.05, 4.69) is 15.1 Å². The Hall–Kier alpha value is -4.00. The summed E-state index contributed by atoms with van der Waals surface area (Å²) in [7, 11) is 0. The number of carbonyl (C=O) groups is 1. The lowest BCUT2D eigenvalue weighted by Crippen LogP contribution is -2.24. The van der Waals surface area contributed by atoms with Gasteiger partial charge in [-0.2, -0.15) is 9.98 Å². The second-order valence-electron chi connectivity index (χ2n) is 6.30. The van der Waals surface area contributed by atoms with Crippen LogP contribution in [0.2, 0.25) is 0 Å². The predicted octanol–water partition coefficient (Wildman–Crippen LogP) is 3.28. The molecule has 0 aliphatic rings. The van der Waals surface area contributed by atoms with Crippen LogP contribution in [0.3, 0.4) is 0 Å². The Bertz CT molecular complexity index is 1210. The van der Waals surface area contributed by atoms with Crippen molar-refractivity contribution in [2.45, 2.75) is 6.92 Å². The Morgan fingerprint density at radius 2 is 1.75 bits per heavy atom. The number of carbonyl (C=O) groups excluding carboxylic acids is 1. The number of hydrogen-bond donors (Lipinski definition) is 2. The van der Waals surface area contributed by atoms with Crippen molar-refractivity contribution in [2.24, 2.45) is 16.5 Å². The first-order chi connectivity index (χ1) is 13.5. The topological polar surface area (TPSA) is 120 Å². The summed E-state index contributed by atoms with van der Waals surface area (Å²) in [6.45, 7) is 1.75. The molecular weight excluding hydrogens is 354 g/mol. The summed E-state index contributed by atoms with van der Waals surface area (Å²) in [5.74, 6) is 0.336. The van der Waals surface area contributed by atoms with Crippen LogP contribution in [0.4, 0.5) is 0 Å². The first-order valence-corrected chi connectivity index (χ1v) is 8.59. The number of benzene rings is 3. The molecule has 7 nitrogen and oxygen atoms in total. The summed E-state index contributed by atoms with van der Waals surface area (Å²) < 4.78 is 5.03. The zero-order valence-electron chi connectivity index (χ0n) is 15.1. The molecule has 4 N–H and O–H groups in total. The van der Waals surface area contributed by atoms with E-state index in [4.69, 9.17) is 16.0 Å². The average Bonchev–Trinajstić information content (AvgIpc) is 3.13. The summed E-state index contributed by atoms with van der Waals surface area (Å²) in [5.41, 5.74) is 13.9. The number of nitrogens with zero attached hydrogens (tertiary/aromatic N) is 3. The van der Waals surface area contributed by atoms with Crippen molar-refractivity contribution < 1.29 is 9.32 Å². The standard InChI is InChI=1S/C21H17N5O2/c1-12-24-19(26-28-12)15-8-5-14(6-9-15)17-4-2-3-13-7-10-16(11-18(13)17)20(27)25-21(22)23/h2-11H,1H3,(H4,22,23,25,27). The second kappa shape index (κ2) is 6.96. The van der Waals surface area contributed by atoms with Crippen molar-refractivity contribution in [3.63, 3.8) is 0 Å². The van der Waals surface area contributed by atoms with Gasteiger partial charge in [0.25, 0.3) is 5.91 Å². The van der Waals surface area contributed by atoms with Crippen LogP contribution >= 0.6 is 0 Å². The van der Waals surface area contributed by atoms with E-state index in [-0.39, 0.29) is 5.96 Å². The molecule has 0 aliphatic heterocycles. The minimum Gasteiger partial charge on any atom is -0.370 e. The van der Waals surface area contributed by atoms with Gasteiger partial charge in [-0.05, 0) is 34.0 Å². The highest BCUT2D eigenvalue weighted by molar-refractivity contribution is 6.06. The summed E-state index contributed by atoms with van der Waals surface area (Å²) >= 11 is 0. The molecule has 1 amide bonds. The van der Waals surface area contributed by atoms with Gasteiger partial charge in [-0.25, -0.2) is 0 Å². The molecule has 0 fully saturated rings. The van der Waals surface area contributed by atoms with Crippen LogP contribution in [-0.2, 0) is 0 Å². The van der Waals surface area contributed by atoms with E-state index < -0.39 is 5.91 Å². The maximum absolute atomic E-state index is 12.2. The number of rotatable bonds is 3. The first kappa shape index (κ1) is 17.4. The van der Waals surface area contributed by atoms with Gasteiger partial charge in [0.1, 0.15) is 0 Å². The summed E-state index contributed by atoms with van der Waals surface area (Å²) in [4.78, 5) is 20.0. The van der Waals surface area contributed by atoms with E-state index in [1.807, 2.05) is 48.5 Å². The fourth-order valence-electron chi connectivity index (χ4n) is 3.05. The third-order valence-electron chi connectivity index (χ3n) is 4.34. The molecule has 0 atom stereocenters. The minimum atomic E-state index is -0.473. The molecular formula is C21H17N5O2. The van der Waals surface area contributed by atoms with E-state index >= 15 is 0 Å². The molecule has 0 saturated heterocycles. The lowest BCUT2D eigenvalue weighted by molar-refractivity contribution is 0.100. The highest BCUT2D eigenvalue weighted by Gasteiger charge is 2.10. The summed E-state index contributed by atoms with van der Waals surface area (Å²) in [6.07, 6.45) is 0. The van der Waals surface area contributed by atoms with Crippen molar-refractivity contribution in [1.82, 2.24) is 10.1 Å². The molecule has 1 heterocycles. The highest BCUT2D eigenvalue weighted by Crippen LogP contribution is 2.31. The second-order valence-corrected chi connectivity index (χ2v) is 6.30. The van der Waals surface area contributed by atoms with Crippen LogP contribution in [0.5, 0.6) is 0 Å². The normalized spacial score (nSPS) is 10.8. The van der Waals surface area contributed by atoms with E-state index in [0.717, 1.165) is 27.5 Å². The monoisotopic (exact) mass is 371 g/mol. The molecule has 0 bridgehead atoms. The number of aryl methyl sites for hydroxylation is 1. The van der Waals surface area contributed by atoms with Crippen molar-refractivity contribution in [1.29, 1.82) is 0 Å². The molecule has 1 aromatic heterocycles. The van der Waals surface area contributed by atoms with Crippen LogP contribution < -0.4 is 11.5 Å². The zero-order chi connectivity index (χ0) is 19.7. The SMILES string of the molecule is Cc1nc(-c2ccc(-c3cccc4ccc(C(=O)N=C(N)N)cc34)cc2)no1. The Morgan fingerprint density at radius 3 is 2.43 bits per heavy atom. The maximum atomic E-state index is 12.2. The molecule has 4 aromatic rings. The van der Waals surface area contributed by atoms with Gasteiger partial charge in [-0.3, -0.25) is 4.79 Å². The third-order valence-corrected chi connectivity index (χ3v) is 4.34. The number of aromatic nitrogens is 2. The summed E-state index contributed by atoms with van der Waals surface area (Å²) in [5, 5.41) is 5.88. The number of guanidine groups is 1. The molecule has 3 aromatic carbocycles. The Labute approximate surface area is 160 Å². The lowest BCUT2D eigenvalue weighted by atomic mass is 9.96. The Morgan fingerprint density at radius 1 is 1.00 bits per heavy atom. The quantitative estimate of drug-likeness (QED) is 0.421. The molecule has 4 rings (SSSR count). The fourth-order valence-corrected chi connectivity index (χ4v) is 3.05. The molecule has 0 unspecified atom stereocenters. The Balaban J connectivity index is 1.77. The zero-order valence-corrected chi connectivity index (χ0v) is 15.1. The smallest absolute Gasteiger partial charge is 0.280 e. The highest BCUT2D eigenvalue weighted by atomic mass is 16.5. The van der Waals surface area contributed by atoms with Crippen LogP contribution in [-0.4, -0.2) is 22.0 Å². The number of hydrogen-bond acceptors (Lipinski definition) is 4. The van der Waals surface area contributed by atoms with Gasteiger partial charge in [0.15, 0.2) is 5.96 Å². The van der Waals surface area contributed by atoms with Gasteiger partial charge >= 0.3 is 0 Å². The van der Waals surface area contributed by atoms with Crippen molar-refractivity contribution in [2.75, 3.05) is 0 Å². The Kier molecular flexibility index (Phi) is 4.33. The minimum absolute atomic E-state index is 0.259. The maximum Gasteiger partial charge on any atom is 0.280 e. The van der Waals surface area contributed by atoms with Gasteiger partial charge in [-0.15, -0.1) is 0 Å². The number of fused-ring (bicyclic) bond motifs is 1. The van der Waals surface area contributed by atoms with Gasteiger partial charge < -0.3 is 16.0 Å². The first-order valence-electron chi connectivity index (χ1n) is 8.59. The van der Waals surface area contributed by atoms with Crippen molar-refractivity contribution in [3.8, 4) is 22.5 Å². The van der Waals surface area contributed by atoms with Crippen molar-refractivity contribution >= 4 is 22.6 Å². The van der Waals surface area contributed by atoms with E-state index in [1.54, 1.807) is 19.1 Å². The molecule has 0 spiro atoms. The van der Waals surface area contributed by atoms with Gasteiger partial charge in [0.05, 0.1) is 0 Å². The molecule has 0 saturated carbocycles. The largest absolute Gasteiger partial charge is 0.370 e. The average molecular weight is 371 g/mol. The van der Waals surface area contributed by atoms with Gasteiger partial charge in [-0.1, -0.05) is 53.7 Å². The van der Waals surface area contributed by atoms with E-state index in [0.29, 0.717) is 17.3 Å². The van der Waals surface area contributed by atoms with Crippen LogP contribution in [0.15, 0.2) is 70.2 Å². The van der Waals surface area contributed by atoms with Gasteiger partial charge in [0.2, 0.25) is 11.7 Å². The number of nitrogens with two attached hydrogens (primary N) is 2. The molecule has 0 radical (unpaired) electrons. The van der Waals surface area contributed by atoms with Crippen LogP contribution in [0.25, 0.3) is 33.3 Å².